The number of halogens is 1. The van der Waals surface area contributed by atoms with E-state index in [0.29, 0.717) is 27.1 Å². The topological polar surface area (TPSA) is 93.7 Å². The number of rotatable bonds is 3. The summed E-state index contributed by atoms with van der Waals surface area (Å²) in [6.45, 7) is 7.18. The van der Waals surface area contributed by atoms with E-state index in [1.54, 1.807) is 30.3 Å². The molecule has 0 saturated heterocycles. The van der Waals surface area contributed by atoms with Gasteiger partial charge in [-0.3, -0.25) is 0 Å². The third kappa shape index (κ3) is 3.03. The summed E-state index contributed by atoms with van der Waals surface area (Å²) >= 11 is 3.52. The first-order chi connectivity index (χ1) is 13.1. The van der Waals surface area contributed by atoms with Gasteiger partial charge in [-0.1, -0.05) is 48.5 Å². The van der Waals surface area contributed by atoms with E-state index in [-0.39, 0.29) is 11.8 Å². The summed E-state index contributed by atoms with van der Waals surface area (Å²) in [7, 11) is 0. The summed E-state index contributed by atoms with van der Waals surface area (Å²) in [6, 6.07) is 16.2. The second-order valence-corrected chi connectivity index (χ2v) is 6.61. The smallest absolute Gasteiger partial charge is 0.223 e. The van der Waals surface area contributed by atoms with E-state index < -0.39 is 6.10 Å². The Hall–Kier alpha value is -3.28. The maximum Gasteiger partial charge on any atom is 0.223 e. The second kappa shape index (κ2) is 6.79. The summed E-state index contributed by atoms with van der Waals surface area (Å²) in [6.07, 6.45) is -0.980. The molecule has 0 bridgehead atoms. The molecular weight excluding hydrogens is 408 g/mol. The Balaban J connectivity index is 1.86. The van der Waals surface area contributed by atoms with Crippen LogP contribution in [0.3, 0.4) is 0 Å². The number of hydrogen-bond acceptors (Lipinski definition) is 5. The number of anilines is 1. The van der Waals surface area contributed by atoms with Gasteiger partial charge >= 0.3 is 0 Å². The van der Waals surface area contributed by atoms with Crippen molar-refractivity contribution < 1.29 is 5.11 Å². The third-order valence-corrected chi connectivity index (χ3v) is 4.81. The first-order valence-electron chi connectivity index (χ1n) is 8.01. The Morgan fingerprint density at radius 3 is 2.63 bits per heavy atom. The molecule has 0 fully saturated rings. The molecule has 4 aromatic rings. The van der Waals surface area contributed by atoms with Crippen molar-refractivity contribution in [2.75, 3.05) is 5.73 Å². The average Bonchev–Trinajstić information content (AvgIpc) is 3.17. The molecule has 3 N–H and O–H groups in total. The normalized spacial score (nSPS) is 12.0. The Morgan fingerprint density at radius 2 is 1.89 bits per heavy atom. The first-order valence-corrected chi connectivity index (χ1v) is 8.80. The number of benzene rings is 2. The zero-order valence-electron chi connectivity index (χ0n) is 13.9. The Morgan fingerprint density at radius 1 is 1.11 bits per heavy atom. The van der Waals surface area contributed by atoms with Crippen LogP contribution in [-0.2, 0) is 0 Å². The standard InChI is InChI=1S/C19H13BrN6O/c1-22-13-9-5-8-12(10-13)15-14(20)18-24-17(25-26(18)19(21)23-15)16(27)11-6-3-2-4-7-11/h2-10,16,27H,(H2,21,23). The van der Waals surface area contributed by atoms with Gasteiger partial charge in [0.25, 0.3) is 0 Å². The van der Waals surface area contributed by atoms with Gasteiger partial charge in [0.05, 0.1) is 16.7 Å². The monoisotopic (exact) mass is 420 g/mol. The van der Waals surface area contributed by atoms with E-state index in [1.807, 2.05) is 24.3 Å². The highest BCUT2D eigenvalue weighted by molar-refractivity contribution is 9.10. The molecule has 27 heavy (non-hydrogen) atoms. The van der Waals surface area contributed by atoms with Crippen molar-refractivity contribution in [1.29, 1.82) is 0 Å². The molecule has 0 saturated carbocycles. The molecule has 0 radical (unpaired) electrons. The fourth-order valence-electron chi connectivity index (χ4n) is 2.76. The van der Waals surface area contributed by atoms with Crippen LogP contribution in [0, 0.1) is 6.57 Å². The van der Waals surface area contributed by atoms with Crippen molar-refractivity contribution in [3.8, 4) is 11.3 Å². The molecule has 0 spiro atoms. The SMILES string of the molecule is [C-]#[N+]c1cccc(-c2nc(N)n3nc(C(O)c4ccccc4)nc3c2Br)c1. The number of aliphatic hydroxyl groups excluding tert-OH is 1. The van der Waals surface area contributed by atoms with Gasteiger partial charge in [0, 0.05) is 0 Å². The molecule has 2 aromatic heterocycles. The molecule has 1 unspecified atom stereocenters. The van der Waals surface area contributed by atoms with Crippen molar-refractivity contribution in [3.05, 3.63) is 81.9 Å². The number of hydrogen-bond donors (Lipinski definition) is 2. The highest BCUT2D eigenvalue weighted by Crippen LogP contribution is 2.33. The fraction of sp³-hybridized carbons (Fsp3) is 0.0526. The zero-order chi connectivity index (χ0) is 19.0. The molecule has 0 aliphatic carbocycles. The summed E-state index contributed by atoms with van der Waals surface area (Å²) in [5.74, 6) is 0.359. The number of fused-ring (bicyclic) bond motifs is 1. The fourth-order valence-corrected chi connectivity index (χ4v) is 3.34. The van der Waals surface area contributed by atoms with Crippen LogP contribution in [0.2, 0.25) is 0 Å². The van der Waals surface area contributed by atoms with Crippen LogP contribution in [0.4, 0.5) is 11.6 Å². The van der Waals surface area contributed by atoms with Crippen molar-refractivity contribution in [3.63, 3.8) is 0 Å². The van der Waals surface area contributed by atoms with E-state index >= 15 is 0 Å². The van der Waals surface area contributed by atoms with E-state index in [4.69, 9.17) is 12.3 Å². The highest BCUT2D eigenvalue weighted by Gasteiger charge is 2.21. The summed E-state index contributed by atoms with van der Waals surface area (Å²) in [4.78, 5) is 12.3. The number of nitrogen functional groups attached to an aromatic ring is 1. The Labute approximate surface area is 163 Å². The van der Waals surface area contributed by atoms with Gasteiger partial charge in [0.2, 0.25) is 5.95 Å². The van der Waals surface area contributed by atoms with Crippen LogP contribution in [0.1, 0.15) is 17.5 Å². The molecule has 7 nitrogen and oxygen atoms in total. The molecule has 2 heterocycles. The van der Waals surface area contributed by atoms with Crippen molar-refractivity contribution >= 4 is 33.2 Å². The van der Waals surface area contributed by atoms with E-state index in [9.17, 15) is 5.11 Å². The van der Waals surface area contributed by atoms with E-state index in [0.717, 1.165) is 5.56 Å². The van der Waals surface area contributed by atoms with Crippen LogP contribution in [0.5, 0.6) is 0 Å². The maximum absolute atomic E-state index is 10.6. The lowest BCUT2D eigenvalue weighted by atomic mass is 10.1. The van der Waals surface area contributed by atoms with Crippen LogP contribution in [-0.4, -0.2) is 24.7 Å². The number of nitrogens with two attached hydrogens (primary N) is 1. The highest BCUT2D eigenvalue weighted by atomic mass is 79.9. The second-order valence-electron chi connectivity index (χ2n) is 5.81. The molecule has 0 aliphatic rings. The summed E-state index contributed by atoms with van der Waals surface area (Å²) < 4.78 is 1.96. The van der Waals surface area contributed by atoms with Crippen LogP contribution in [0.25, 0.3) is 21.7 Å². The van der Waals surface area contributed by atoms with Gasteiger partial charge in [-0.2, -0.15) is 4.52 Å². The minimum atomic E-state index is -0.980. The molecule has 4 rings (SSSR count). The number of aromatic nitrogens is 4. The molecule has 8 heteroatoms. The largest absolute Gasteiger partial charge is 0.380 e. The lowest BCUT2D eigenvalue weighted by Gasteiger charge is -2.07. The predicted octanol–water partition coefficient (Wildman–Crippen LogP) is 3.77. The summed E-state index contributed by atoms with van der Waals surface area (Å²) in [5, 5.41) is 14.9. The van der Waals surface area contributed by atoms with E-state index in [2.05, 4.69) is 35.8 Å². The molecule has 2 aromatic carbocycles. The first kappa shape index (κ1) is 17.1. The van der Waals surface area contributed by atoms with Gasteiger partial charge in [0.15, 0.2) is 17.2 Å². The lowest BCUT2D eigenvalue weighted by molar-refractivity contribution is 0.210. The van der Waals surface area contributed by atoms with Gasteiger partial charge in [-0.05, 0) is 33.1 Å². The Bertz CT molecular complexity index is 1180. The maximum atomic E-state index is 10.6. The zero-order valence-corrected chi connectivity index (χ0v) is 15.5. The molecule has 1 atom stereocenters. The van der Waals surface area contributed by atoms with Crippen molar-refractivity contribution in [2.45, 2.75) is 6.10 Å². The Kier molecular flexibility index (Phi) is 4.32. The predicted molar refractivity (Wildman–Crippen MR) is 105 cm³/mol. The van der Waals surface area contributed by atoms with Crippen molar-refractivity contribution in [1.82, 2.24) is 19.6 Å². The molecule has 0 amide bonds. The number of nitrogens with zero attached hydrogens (tertiary/aromatic N) is 5. The van der Waals surface area contributed by atoms with E-state index in [1.165, 1.54) is 4.52 Å². The molecule has 0 aliphatic heterocycles. The average molecular weight is 421 g/mol. The summed E-state index contributed by atoms with van der Waals surface area (Å²) in [5.41, 5.74) is 8.98. The van der Waals surface area contributed by atoms with Crippen LogP contribution < -0.4 is 5.73 Å². The third-order valence-electron chi connectivity index (χ3n) is 4.08. The van der Waals surface area contributed by atoms with Crippen molar-refractivity contribution in [2.24, 2.45) is 0 Å². The minimum Gasteiger partial charge on any atom is -0.380 e. The number of aliphatic hydroxyl groups is 1. The van der Waals surface area contributed by atoms with Gasteiger partial charge in [-0.25, -0.2) is 14.8 Å². The van der Waals surface area contributed by atoms with Gasteiger partial charge < -0.3 is 10.8 Å². The lowest BCUT2D eigenvalue weighted by Crippen LogP contribution is -2.05. The van der Waals surface area contributed by atoms with Crippen LogP contribution in [0.15, 0.2) is 59.1 Å². The van der Waals surface area contributed by atoms with Crippen LogP contribution >= 0.6 is 15.9 Å². The minimum absolute atomic E-state index is 0.135. The van der Waals surface area contributed by atoms with Gasteiger partial charge in [0.1, 0.15) is 6.10 Å². The van der Waals surface area contributed by atoms with Gasteiger partial charge in [-0.15, -0.1) is 5.10 Å². The quantitative estimate of drug-likeness (QED) is 0.492. The molecular formula is C19H13BrN6O. The molecule has 132 valence electrons.